The maximum Gasteiger partial charge on any atom is 0.258 e. The van der Waals surface area contributed by atoms with Gasteiger partial charge in [-0.15, -0.1) is 0 Å². The zero-order valence-corrected chi connectivity index (χ0v) is 8.36. The minimum Gasteiger partial charge on any atom is -0.326 e. The van der Waals surface area contributed by atoms with E-state index < -0.39 is 0 Å². The maximum absolute atomic E-state index is 11.9. The summed E-state index contributed by atoms with van der Waals surface area (Å²) in [6.45, 7) is 2.34. The first-order chi connectivity index (χ1) is 6.74. The third-order valence-corrected chi connectivity index (χ3v) is 2.82. The zero-order chi connectivity index (χ0) is 10.1. The van der Waals surface area contributed by atoms with Gasteiger partial charge in [-0.1, -0.05) is 0 Å². The number of nitrogens with zero attached hydrogens (tertiary/aromatic N) is 2. The maximum atomic E-state index is 11.9. The van der Waals surface area contributed by atoms with Crippen LogP contribution in [0.4, 0.5) is 0 Å². The van der Waals surface area contributed by atoms with Crippen LogP contribution in [0.3, 0.4) is 0 Å². The minimum atomic E-state index is 0.0460. The Bertz CT molecular complexity index is 397. The Labute approximate surface area is 82.8 Å². The van der Waals surface area contributed by atoms with Gasteiger partial charge in [0.25, 0.3) is 5.56 Å². The minimum absolute atomic E-state index is 0.0460. The predicted octanol–water partition coefficient (Wildman–Crippen LogP) is 0.599. The highest BCUT2D eigenvalue weighted by Crippen LogP contribution is 2.20. The third kappa shape index (κ3) is 1.35. The Balaban J connectivity index is 2.60. The Morgan fingerprint density at radius 3 is 3.21 bits per heavy atom. The van der Waals surface area contributed by atoms with E-state index in [9.17, 15) is 4.79 Å². The molecule has 0 radical (unpaired) electrons. The second-order valence-corrected chi connectivity index (χ2v) is 3.82. The molecule has 2 heterocycles. The summed E-state index contributed by atoms with van der Waals surface area (Å²) in [4.78, 5) is 16.2. The van der Waals surface area contributed by atoms with Gasteiger partial charge >= 0.3 is 0 Å². The largest absolute Gasteiger partial charge is 0.326 e. The van der Waals surface area contributed by atoms with Crippen LogP contribution in [0, 0.1) is 0 Å². The van der Waals surface area contributed by atoms with Crippen LogP contribution in [0.15, 0.2) is 11.0 Å². The van der Waals surface area contributed by atoms with E-state index in [1.165, 1.54) is 0 Å². The number of hydrogen-bond donors (Lipinski definition) is 1. The lowest BCUT2D eigenvalue weighted by Gasteiger charge is -2.24. The van der Waals surface area contributed by atoms with Gasteiger partial charge in [-0.3, -0.25) is 9.36 Å². The van der Waals surface area contributed by atoms with Gasteiger partial charge in [0.2, 0.25) is 0 Å². The van der Waals surface area contributed by atoms with Crippen molar-refractivity contribution in [2.45, 2.75) is 38.8 Å². The van der Waals surface area contributed by atoms with E-state index in [-0.39, 0.29) is 18.1 Å². The first-order valence-corrected chi connectivity index (χ1v) is 5.03. The first kappa shape index (κ1) is 9.40. The van der Waals surface area contributed by atoms with Crippen LogP contribution >= 0.6 is 0 Å². The van der Waals surface area contributed by atoms with Gasteiger partial charge in [0.05, 0.1) is 0 Å². The number of aromatic nitrogens is 2. The van der Waals surface area contributed by atoms with Gasteiger partial charge in [0.15, 0.2) is 0 Å². The molecular formula is C10H15N3O. The first-order valence-electron chi connectivity index (χ1n) is 5.03. The molecule has 0 amide bonds. The van der Waals surface area contributed by atoms with Crippen LogP contribution in [-0.4, -0.2) is 9.55 Å². The fraction of sp³-hybridized carbons (Fsp3) is 0.600. The van der Waals surface area contributed by atoms with Crippen LogP contribution in [0.25, 0.3) is 0 Å². The fourth-order valence-corrected chi connectivity index (χ4v) is 2.01. The lowest BCUT2D eigenvalue weighted by Crippen LogP contribution is -2.33. The quantitative estimate of drug-likeness (QED) is 0.710. The SMILES string of the molecule is CC1CCCc2ncc(CN)c(=O)n21. The van der Waals surface area contributed by atoms with Crippen LogP contribution in [0.1, 0.15) is 37.2 Å². The average molecular weight is 193 g/mol. The van der Waals surface area contributed by atoms with E-state index in [2.05, 4.69) is 11.9 Å². The average Bonchev–Trinajstić information content (AvgIpc) is 2.18. The Hall–Kier alpha value is -1.16. The number of rotatable bonds is 1. The summed E-state index contributed by atoms with van der Waals surface area (Å²) in [5.41, 5.74) is 6.14. The second kappa shape index (κ2) is 3.53. The van der Waals surface area contributed by atoms with Crippen molar-refractivity contribution >= 4 is 0 Å². The monoisotopic (exact) mass is 193 g/mol. The van der Waals surface area contributed by atoms with E-state index in [0.717, 1.165) is 25.1 Å². The van der Waals surface area contributed by atoms with Gasteiger partial charge in [0.1, 0.15) is 5.82 Å². The van der Waals surface area contributed by atoms with Crippen molar-refractivity contribution in [1.29, 1.82) is 0 Å². The molecule has 0 aliphatic carbocycles. The third-order valence-electron chi connectivity index (χ3n) is 2.82. The molecule has 14 heavy (non-hydrogen) atoms. The number of fused-ring (bicyclic) bond motifs is 1. The van der Waals surface area contributed by atoms with Crippen molar-refractivity contribution in [2.75, 3.05) is 0 Å². The lowest BCUT2D eigenvalue weighted by atomic mass is 10.1. The molecular weight excluding hydrogens is 178 g/mol. The molecule has 1 aliphatic heterocycles. The van der Waals surface area contributed by atoms with Crippen molar-refractivity contribution in [3.8, 4) is 0 Å². The van der Waals surface area contributed by atoms with Crippen molar-refractivity contribution in [3.05, 3.63) is 27.9 Å². The van der Waals surface area contributed by atoms with Crippen molar-refractivity contribution in [3.63, 3.8) is 0 Å². The van der Waals surface area contributed by atoms with Crippen LogP contribution < -0.4 is 11.3 Å². The van der Waals surface area contributed by atoms with Crippen molar-refractivity contribution < 1.29 is 0 Å². The van der Waals surface area contributed by atoms with Crippen LogP contribution in [0.2, 0.25) is 0 Å². The molecule has 1 aromatic rings. The van der Waals surface area contributed by atoms with Gasteiger partial charge in [0, 0.05) is 30.8 Å². The van der Waals surface area contributed by atoms with Gasteiger partial charge in [-0.05, 0) is 19.8 Å². The standard InChI is InChI=1S/C10H15N3O/c1-7-3-2-4-9-12-6-8(5-11)10(14)13(7)9/h6-7H,2-5,11H2,1H3. The Morgan fingerprint density at radius 1 is 1.71 bits per heavy atom. The molecule has 4 heteroatoms. The fourth-order valence-electron chi connectivity index (χ4n) is 2.01. The predicted molar refractivity (Wildman–Crippen MR) is 54.0 cm³/mol. The highest BCUT2D eigenvalue weighted by Gasteiger charge is 2.18. The summed E-state index contributed by atoms with van der Waals surface area (Å²) in [5.74, 6) is 0.908. The number of nitrogens with two attached hydrogens (primary N) is 1. The second-order valence-electron chi connectivity index (χ2n) is 3.82. The molecule has 0 fully saturated rings. The van der Waals surface area contributed by atoms with E-state index in [0.29, 0.717) is 5.56 Å². The van der Waals surface area contributed by atoms with E-state index >= 15 is 0 Å². The summed E-state index contributed by atoms with van der Waals surface area (Å²) in [6, 6.07) is 0.269. The molecule has 1 atom stereocenters. The normalized spacial score (nSPS) is 20.6. The molecule has 0 saturated heterocycles. The summed E-state index contributed by atoms with van der Waals surface area (Å²) >= 11 is 0. The number of hydrogen-bond acceptors (Lipinski definition) is 3. The van der Waals surface area contributed by atoms with Crippen LogP contribution in [-0.2, 0) is 13.0 Å². The molecule has 1 aliphatic rings. The molecule has 4 nitrogen and oxygen atoms in total. The molecule has 0 spiro atoms. The topological polar surface area (TPSA) is 60.9 Å². The smallest absolute Gasteiger partial charge is 0.258 e. The van der Waals surface area contributed by atoms with E-state index in [4.69, 9.17) is 5.73 Å². The molecule has 0 saturated carbocycles. The van der Waals surface area contributed by atoms with Crippen molar-refractivity contribution in [2.24, 2.45) is 5.73 Å². The Kier molecular flexibility index (Phi) is 2.37. The molecule has 0 aromatic carbocycles. The molecule has 76 valence electrons. The summed E-state index contributed by atoms with van der Waals surface area (Å²) in [7, 11) is 0. The van der Waals surface area contributed by atoms with Crippen LogP contribution in [0.5, 0.6) is 0 Å². The summed E-state index contributed by atoms with van der Waals surface area (Å²) in [6.07, 6.45) is 4.70. The Morgan fingerprint density at radius 2 is 2.50 bits per heavy atom. The zero-order valence-electron chi connectivity index (χ0n) is 8.36. The van der Waals surface area contributed by atoms with Gasteiger partial charge < -0.3 is 5.73 Å². The molecule has 1 aromatic heterocycles. The number of aryl methyl sites for hydroxylation is 1. The van der Waals surface area contributed by atoms with Gasteiger partial charge in [-0.25, -0.2) is 4.98 Å². The van der Waals surface area contributed by atoms with E-state index in [1.54, 1.807) is 10.8 Å². The molecule has 2 rings (SSSR count). The molecule has 0 bridgehead atoms. The summed E-state index contributed by atoms with van der Waals surface area (Å²) in [5, 5.41) is 0. The highest BCUT2D eigenvalue weighted by molar-refractivity contribution is 5.09. The summed E-state index contributed by atoms with van der Waals surface area (Å²) < 4.78 is 1.80. The van der Waals surface area contributed by atoms with E-state index in [1.807, 2.05) is 0 Å². The highest BCUT2D eigenvalue weighted by atomic mass is 16.1. The van der Waals surface area contributed by atoms with Crippen molar-refractivity contribution in [1.82, 2.24) is 9.55 Å². The molecule has 2 N–H and O–H groups in total. The van der Waals surface area contributed by atoms with Gasteiger partial charge in [-0.2, -0.15) is 0 Å². The lowest BCUT2D eigenvalue weighted by molar-refractivity contribution is 0.402. The molecule has 1 unspecified atom stereocenters.